The Morgan fingerprint density at radius 1 is 1.28 bits per heavy atom. The summed E-state index contributed by atoms with van der Waals surface area (Å²) in [5.74, 6) is 1.65. The fourth-order valence-corrected chi connectivity index (χ4v) is 2.71. The predicted molar refractivity (Wildman–Crippen MR) is 105 cm³/mol. The van der Waals surface area contributed by atoms with Crippen molar-refractivity contribution in [3.05, 3.63) is 54.4 Å². The van der Waals surface area contributed by atoms with E-state index in [1.165, 1.54) is 10.5 Å². The van der Waals surface area contributed by atoms with Gasteiger partial charge in [-0.25, -0.2) is 4.99 Å². The summed E-state index contributed by atoms with van der Waals surface area (Å²) in [5.41, 5.74) is 1.26. The van der Waals surface area contributed by atoms with E-state index in [1.807, 2.05) is 19.2 Å². The highest BCUT2D eigenvalue weighted by atomic mass is 32.2. The third-order valence-corrected chi connectivity index (χ3v) is 4.27. The fourth-order valence-electron chi connectivity index (χ4n) is 2.30. The largest absolute Gasteiger partial charge is 0.490 e. The van der Waals surface area contributed by atoms with E-state index in [2.05, 4.69) is 57.6 Å². The number of nitrogens with one attached hydrogen (secondary N) is 1. The molecule has 2 aromatic rings. The highest BCUT2D eigenvalue weighted by molar-refractivity contribution is 7.98. The molecule has 5 nitrogen and oxygen atoms in total. The third-order valence-electron chi connectivity index (χ3n) is 3.53. The zero-order valence-corrected chi connectivity index (χ0v) is 15.9. The Morgan fingerprint density at radius 2 is 2.08 bits per heavy atom. The first kappa shape index (κ1) is 19.1. The molecule has 0 bridgehead atoms. The standard InChI is InChI=1S/C19H26N4OS/c1-4-21-19(22-12-13-24-17-6-5-11-20-14-17)23(2)15-16-7-9-18(25-3)10-8-16/h5-11,14H,4,12-13,15H2,1-3H3,(H,21,22). The molecule has 1 aromatic carbocycles. The maximum atomic E-state index is 5.64. The summed E-state index contributed by atoms with van der Waals surface area (Å²) < 4.78 is 5.64. The molecular formula is C19H26N4OS. The normalized spacial score (nSPS) is 11.2. The molecule has 0 unspecified atom stereocenters. The number of rotatable bonds is 8. The van der Waals surface area contributed by atoms with Crippen LogP contribution < -0.4 is 10.1 Å². The van der Waals surface area contributed by atoms with Gasteiger partial charge < -0.3 is 15.0 Å². The molecule has 0 saturated heterocycles. The molecule has 6 heteroatoms. The summed E-state index contributed by atoms with van der Waals surface area (Å²) in [6, 6.07) is 12.4. The van der Waals surface area contributed by atoms with E-state index in [-0.39, 0.29) is 0 Å². The molecule has 0 aliphatic heterocycles. The number of thioether (sulfide) groups is 1. The lowest BCUT2D eigenvalue weighted by Gasteiger charge is -2.22. The number of aromatic nitrogens is 1. The van der Waals surface area contributed by atoms with Crippen LogP contribution in [0.15, 0.2) is 58.7 Å². The Kier molecular flexibility index (Phi) is 8.12. The van der Waals surface area contributed by atoms with Gasteiger partial charge in [-0.15, -0.1) is 11.8 Å². The van der Waals surface area contributed by atoms with Crippen molar-refractivity contribution in [3.8, 4) is 5.75 Å². The van der Waals surface area contributed by atoms with Crippen LogP contribution in [0.3, 0.4) is 0 Å². The van der Waals surface area contributed by atoms with Crippen molar-refractivity contribution < 1.29 is 4.74 Å². The van der Waals surface area contributed by atoms with E-state index in [9.17, 15) is 0 Å². The number of nitrogens with zero attached hydrogens (tertiary/aromatic N) is 3. The lowest BCUT2D eigenvalue weighted by atomic mass is 10.2. The summed E-state index contributed by atoms with van der Waals surface area (Å²) in [6.07, 6.45) is 5.53. The van der Waals surface area contributed by atoms with Crippen molar-refractivity contribution >= 4 is 17.7 Å². The number of hydrogen-bond acceptors (Lipinski definition) is 4. The third kappa shape index (κ3) is 6.66. The summed E-state index contributed by atoms with van der Waals surface area (Å²) in [6.45, 7) is 4.83. The van der Waals surface area contributed by atoms with Gasteiger partial charge in [-0.1, -0.05) is 12.1 Å². The number of ether oxygens (including phenoxy) is 1. The molecule has 0 aliphatic carbocycles. The van der Waals surface area contributed by atoms with E-state index in [0.717, 1.165) is 24.8 Å². The van der Waals surface area contributed by atoms with Gasteiger partial charge in [-0.2, -0.15) is 0 Å². The van der Waals surface area contributed by atoms with Gasteiger partial charge >= 0.3 is 0 Å². The SMILES string of the molecule is CCNC(=NCCOc1cccnc1)N(C)Cc1ccc(SC)cc1. The second kappa shape index (κ2) is 10.6. The van der Waals surface area contributed by atoms with Crippen LogP contribution in [0.5, 0.6) is 5.75 Å². The Balaban J connectivity index is 1.88. The lowest BCUT2D eigenvalue weighted by Crippen LogP contribution is -2.38. The number of pyridine rings is 1. The molecule has 25 heavy (non-hydrogen) atoms. The molecule has 1 N–H and O–H groups in total. The maximum absolute atomic E-state index is 5.64. The van der Waals surface area contributed by atoms with Crippen molar-refractivity contribution in [3.63, 3.8) is 0 Å². The van der Waals surface area contributed by atoms with E-state index in [0.29, 0.717) is 13.2 Å². The quantitative estimate of drug-likeness (QED) is 0.340. The number of guanidine groups is 1. The van der Waals surface area contributed by atoms with E-state index >= 15 is 0 Å². The van der Waals surface area contributed by atoms with Crippen LogP contribution >= 0.6 is 11.8 Å². The van der Waals surface area contributed by atoms with E-state index in [1.54, 1.807) is 24.2 Å². The number of hydrogen-bond donors (Lipinski definition) is 1. The first-order chi connectivity index (χ1) is 12.2. The van der Waals surface area contributed by atoms with Gasteiger partial charge in [0.2, 0.25) is 0 Å². The van der Waals surface area contributed by atoms with Crippen LogP contribution in [0.4, 0.5) is 0 Å². The Labute approximate surface area is 154 Å². The Morgan fingerprint density at radius 3 is 2.72 bits per heavy atom. The first-order valence-corrected chi connectivity index (χ1v) is 9.60. The zero-order chi connectivity index (χ0) is 17.9. The summed E-state index contributed by atoms with van der Waals surface area (Å²) in [7, 11) is 2.05. The van der Waals surface area contributed by atoms with Gasteiger partial charge in [-0.3, -0.25) is 4.98 Å². The summed E-state index contributed by atoms with van der Waals surface area (Å²) in [5, 5.41) is 3.33. The molecule has 0 atom stereocenters. The van der Waals surface area contributed by atoms with Crippen LogP contribution in [-0.4, -0.2) is 48.8 Å². The minimum atomic E-state index is 0.525. The first-order valence-electron chi connectivity index (χ1n) is 8.38. The van der Waals surface area contributed by atoms with Crippen LogP contribution in [0.25, 0.3) is 0 Å². The fraction of sp³-hybridized carbons (Fsp3) is 0.368. The minimum Gasteiger partial charge on any atom is -0.490 e. The van der Waals surface area contributed by atoms with Crippen LogP contribution in [0, 0.1) is 0 Å². The Bertz CT molecular complexity index is 646. The molecule has 0 amide bonds. The van der Waals surface area contributed by atoms with Crippen molar-refractivity contribution in [1.29, 1.82) is 0 Å². The average Bonchev–Trinajstić information content (AvgIpc) is 2.65. The molecule has 2 rings (SSSR count). The number of benzene rings is 1. The smallest absolute Gasteiger partial charge is 0.194 e. The summed E-state index contributed by atoms with van der Waals surface area (Å²) >= 11 is 1.75. The molecular weight excluding hydrogens is 332 g/mol. The maximum Gasteiger partial charge on any atom is 0.194 e. The molecule has 134 valence electrons. The van der Waals surface area contributed by atoms with E-state index < -0.39 is 0 Å². The van der Waals surface area contributed by atoms with Gasteiger partial charge in [0.1, 0.15) is 12.4 Å². The zero-order valence-electron chi connectivity index (χ0n) is 15.1. The monoisotopic (exact) mass is 358 g/mol. The van der Waals surface area contributed by atoms with Crippen LogP contribution in [0.2, 0.25) is 0 Å². The van der Waals surface area contributed by atoms with Crippen LogP contribution in [0.1, 0.15) is 12.5 Å². The average molecular weight is 359 g/mol. The number of aliphatic imine (C=N–C) groups is 1. The van der Waals surface area contributed by atoms with Crippen molar-refractivity contribution in [2.45, 2.75) is 18.4 Å². The Hall–Kier alpha value is -2.21. The molecule has 0 spiro atoms. The highest BCUT2D eigenvalue weighted by Crippen LogP contribution is 2.15. The second-order valence-electron chi connectivity index (χ2n) is 5.48. The van der Waals surface area contributed by atoms with Crippen molar-refractivity contribution in [1.82, 2.24) is 15.2 Å². The van der Waals surface area contributed by atoms with Gasteiger partial charge in [0.25, 0.3) is 0 Å². The minimum absolute atomic E-state index is 0.525. The van der Waals surface area contributed by atoms with Crippen molar-refractivity contribution in [2.24, 2.45) is 4.99 Å². The molecule has 1 aromatic heterocycles. The van der Waals surface area contributed by atoms with Gasteiger partial charge in [0.05, 0.1) is 12.7 Å². The predicted octanol–water partition coefficient (Wildman–Crippen LogP) is 3.28. The van der Waals surface area contributed by atoms with E-state index in [4.69, 9.17) is 4.74 Å². The van der Waals surface area contributed by atoms with Gasteiger partial charge in [0, 0.05) is 31.2 Å². The lowest BCUT2D eigenvalue weighted by molar-refractivity contribution is 0.326. The molecule has 1 heterocycles. The second-order valence-corrected chi connectivity index (χ2v) is 6.36. The van der Waals surface area contributed by atoms with Gasteiger partial charge in [-0.05, 0) is 43.0 Å². The molecule has 0 saturated carbocycles. The topological polar surface area (TPSA) is 49.8 Å². The highest BCUT2D eigenvalue weighted by Gasteiger charge is 2.06. The molecule has 0 radical (unpaired) electrons. The molecule has 0 fully saturated rings. The van der Waals surface area contributed by atoms with Crippen LogP contribution in [-0.2, 0) is 6.54 Å². The summed E-state index contributed by atoms with van der Waals surface area (Å²) in [4.78, 5) is 12.1. The van der Waals surface area contributed by atoms with Crippen molar-refractivity contribution in [2.75, 3.05) is 33.0 Å². The molecule has 0 aliphatic rings. The van der Waals surface area contributed by atoms with Gasteiger partial charge in [0.15, 0.2) is 5.96 Å².